The SMILES string of the molecule is Cc1ccccc1-c1nnc(CN2CCCC2CCCO)o1. The van der Waals surface area contributed by atoms with Crippen molar-refractivity contribution in [1.82, 2.24) is 15.1 Å². The zero-order valence-corrected chi connectivity index (χ0v) is 13.0. The van der Waals surface area contributed by atoms with Crippen LogP contribution in [0.15, 0.2) is 28.7 Å². The van der Waals surface area contributed by atoms with Gasteiger partial charge in [0.2, 0.25) is 11.8 Å². The van der Waals surface area contributed by atoms with Crippen LogP contribution in [0.1, 0.15) is 37.1 Å². The monoisotopic (exact) mass is 301 g/mol. The number of nitrogens with zero attached hydrogens (tertiary/aromatic N) is 3. The molecule has 22 heavy (non-hydrogen) atoms. The number of likely N-dealkylation sites (tertiary alicyclic amines) is 1. The minimum atomic E-state index is 0.266. The molecule has 0 radical (unpaired) electrons. The molecule has 0 spiro atoms. The lowest BCUT2D eigenvalue weighted by Gasteiger charge is -2.22. The molecule has 1 aromatic carbocycles. The average molecular weight is 301 g/mol. The molecule has 2 aromatic rings. The fourth-order valence-electron chi connectivity index (χ4n) is 3.17. The highest BCUT2D eigenvalue weighted by Gasteiger charge is 2.25. The Bertz CT molecular complexity index is 611. The molecule has 1 aliphatic heterocycles. The summed E-state index contributed by atoms with van der Waals surface area (Å²) in [5.74, 6) is 1.27. The molecular weight excluding hydrogens is 278 g/mol. The number of hydrogen-bond acceptors (Lipinski definition) is 5. The zero-order valence-electron chi connectivity index (χ0n) is 13.0. The summed E-state index contributed by atoms with van der Waals surface area (Å²) < 4.78 is 5.85. The van der Waals surface area contributed by atoms with Crippen molar-refractivity contribution < 1.29 is 9.52 Å². The van der Waals surface area contributed by atoms with Gasteiger partial charge in [-0.3, -0.25) is 4.90 Å². The molecule has 118 valence electrons. The largest absolute Gasteiger partial charge is 0.419 e. The van der Waals surface area contributed by atoms with E-state index in [1.165, 1.54) is 12.8 Å². The van der Waals surface area contributed by atoms with Crippen LogP contribution in [0.5, 0.6) is 0 Å². The summed E-state index contributed by atoms with van der Waals surface area (Å²) in [5.41, 5.74) is 2.14. The molecule has 1 N–H and O–H groups in total. The average Bonchev–Trinajstić information content (AvgIpc) is 3.16. The molecule has 0 aliphatic carbocycles. The summed E-state index contributed by atoms with van der Waals surface area (Å²) in [6.07, 6.45) is 4.29. The second-order valence-corrected chi connectivity index (χ2v) is 5.95. The Kier molecular flexibility index (Phi) is 4.85. The predicted octanol–water partition coefficient (Wildman–Crippen LogP) is 2.78. The summed E-state index contributed by atoms with van der Waals surface area (Å²) in [4.78, 5) is 2.39. The molecule has 1 aromatic heterocycles. The Morgan fingerprint density at radius 1 is 1.32 bits per heavy atom. The Balaban J connectivity index is 1.68. The second-order valence-electron chi connectivity index (χ2n) is 5.95. The van der Waals surface area contributed by atoms with E-state index in [-0.39, 0.29) is 6.61 Å². The van der Waals surface area contributed by atoms with Crippen molar-refractivity contribution >= 4 is 0 Å². The summed E-state index contributed by atoms with van der Waals surface area (Å²) in [5, 5.41) is 17.4. The fraction of sp³-hybridized carbons (Fsp3) is 0.529. The van der Waals surface area contributed by atoms with Crippen LogP contribution in [0.3, 0.4) is 0 Å². The van der Waals surface area contributed by atoms with Gasteiger partial charge in [0.15, 0.2) is 0 Å². The van der Waals surface area contributed by atoms with Gasteiger partial charge in [0.1, 0.15) is 0 Å². The Morgan fingerprint density at radius 2 is 2.18 bits per heavy atom. The molecule has 1 fully saturated rings. The van der Waals surface area contributed by atoms with E-state index >= 15 is 0 Å². The van der Waals surface area contributed by atoms with Crippen LogP contribution in [-0.2, 0) is 6.54 Å². The molecule has 1 aliphatic rings. The summed E-state index contributed by atoms with van der Waals surface area (Å²) in [7, 11) is 0. The minimum absolute atomic E-state index is 0.266. The van der Waals surface area contributed by atoms with Crippen LogP contribution >= 0.6 is 0 Å². The molecule has 3 rings (SSSR count). The van der Waals surface area contributed by atoms with E-state index in [0.717, 1.165) is 30.5 Å². The number of benzene rings is 1. The van der Waals surface area contributed by atoms with Crippen LogP contribution in [0, 0.1) is 6.92 Å². The maximum absolute atomic E-state index is 9.00. The van der Waals surface area contributed by atoms with E-state index in [2.05, 4.69) is 15.1 Å². The lowest BCUT2D eigenvalue weighted by Crippen LogP contribution is -2.29. The third-order valence-electron chi connectivity index (χ3n) is 4.38. The molecular formula is C17H23N3O2. The molecule has 0 saturated carbocycles. The molecule has 5 nitrogen and oxygen atoms in total. The fourth-order valence-corrected chi connectivity index (χ4v) is 3.17. The molecule has 0 bridgehead atoms. The first-order valence-electron chi connectivity index (χ1n) is 8.01. The standard InChI is InChI=1S/C17H23N3O2/c1-13-6-2-3-9-15(13)17-19-18-16(22-17)12-20-10-4-7-14(20)8-5-11-21/h2-3,6,9,14,21H,4-5,7-8,10-12H2,1H3. The number of aliphatic hydroxyl groups is 1. The van der Waals surface area contributed by atoms with E-state index in [1.807, 2.05) is 31.2 Å². The van der Waals surface area contributed by atoms with Gasteiger partial charge in [-0.2, -0.15) is 0 Å². The van der Waals surface area contributed by atoms with Crippen molar-refractivity contribution in [2.24, 2.45) is 0 Å². The second kappa shape index (κ2) is 7.03. The van der Waals surface area contributed by atoms with Gasteiger partial charge in [-0.15, -0.1) is 10.2 Å². The zero-order chi connectivity index (χ0) is 15.4. The van der Waals surface area contributed by atoms with Crippen molar-refractivity contribution in [3.8, 4) is 11.5 Å². The van der Waals surface area contributed by atoms with Gasteiger partial charge < -0.3 is 9.52 Å². The molecule has 2 heterocycles. The highest BCUT2D eigenvalue weighted by molar-refractivity contribution is 5.57. The quantitative estimate of drug-likeness (QED) is 0.889. The van der Waals surface area contributed by atoms with Crippen LogP contribution < -0.4 is 0 Å². The van der Waals surface area contributed by atoms with E-state index in [4.69, 9.17) is 9.52 Å². The van der Waals surface area contributed by atoms with E-state index in [0.29, 0.717) is 24.4 Å². The van der Waals surface area contributed by atoms with Crippen LogP contribution in [0.4, 0.5) is 0 Å². The summed E-state index contributed by atoms with van der Waals surface area (Å²) in [6, 6.07) is 8.57. The van der Waals surface area contributed by atoms with E-state index < -0.39 is 0 Å². The highest BCUT2D eigenvalue weighted by Crippen LogP contribution is 2.25. The highest BCUT2D eigenvalue weighted by atomic mass is 16.4. The molecule has 0 amide bonds. The normalized spacial score (nSPS) is 18.9. The van der Waals surface area contributed by atoms with E-state index in [9.17, 15) is 0 Å². The molecule has 1 atom stereocenters. The third kappa shape index (κ3) is 3.36. The molecule has 1 unspecified atom stereocenters. The molecule has 5 heteroatoms. The van der Waals surface area contributed by atoms with Crippen LogP contribution in [-0.4, -0.2) is 39.4 Å². The van der Waals surface area contributed by atoms with Gasteiger partial charge in [-0.25, -0.2) is 0 Å². The van der Waals surface area contributed by atoms with Gasteiger partial charge in [-0.05, 0) is 50.8 Å². The van der Waals surface area contributed by atoms with Gasteiger partial charge in [0.25, 0.3) is 0 Å². The maximum atomic E-state index is 9.00. The maximum Gasteiger partial charge on any atom is 0.248 e. The van der Waals surface area contributed by atoms with Crippen molar-refractivity contribution in [3.63, 3.8) is 0 Å². The lowest BCUT2D eigenvalue weighted by atomic mass is 10.1. The Hall–Kier alpha value is -1.72. The first kappa shape index (κ1) is 15.2. The van der Waals surface area contributed by atoms with Crippen LogP contribution in [0.25, 0.3) is 11.5 Å². The third-order valence-corrected chi connectivity index (χ3v) is 4.38. The first-order valence-corrected chi connectivity index (χ1v) is 8.01. The number of hydrogen-bond donors (Lipinski definition) is 1. The summed E-state index contributed by atoms with van der Waals surface area (Å²) >= 11 is 0. The number of rotatable bonds is 6. The minimum Gasteiger partial charge on any atom is -0.419 e. The van der Waals surface area contributed by atoms with Crippen molar-refractivity contribution in [2.75, 3.05) is 13.2 Å². The van der Waals surface area contributed by atoms with Gasteiger partial charge in [0, 0.05) is 18.2 Å². The number of aryl methyl sites for hydroxylation is 1. The Morgan fingerprint density at radius 3 is 3.00 bits per heavy atom. The van der Waals surface area contributed by atoms with Crippen LogP contribution in [0.2, 0.25) is 0 Å². The topological polar surface area (TPSA) is 62.4 Å². The summed E-state index contributed by atoms with van der Waals surface area (Å²) in [6.45, 7) is 4.08. The van der Waals surface area contributed by atoms with Gasteiger partial charge in [-0.1, -0.05) is 18.2 Å². The number of aliphatic hydroxyl groups excluding tert-OH is 1. The van der Waals surface area contributed by atoms with Crippen molar-refractivity contribution in [2.45, 2.75) is 45.2 Å². The van der Waals surface area contributed by atoms with Gasteiger partial charge in [0.05, 0.1) is 6.54 Å². The van der Waals surface area contributed by atoms with Gasteiger partial charge >= 0.3 is 0 Å². The van der Waals surface area contributed by atoms with E-state index in [1.54, 1.807) is 0 Å². The number of aromatic nitrogens is 2. The van der Waals surface area contributed by atoms with Crippen molar-refractivity contribution in [1.29, 1.82) is 0 Å². The smallest absolute Gasteiger partial charge is 0.248 e. The predicted molar refractivity (Wildman–Crippen MR) is 84.2 cm³/mol. The van der Waals surface area contributed by atoms with Crippen molar-refractivity contribution in [3.05, 3.63) is 35.7 Å². The lowest BCUT2D eigenvalue weighted by molar-refractivity contribution is 0.195. The Labute approximate surface area is 131 Å². The first-order chi connectivity index (χ1) is 10.8. The molecule has 1 saturated heterocycles.